The van der Waals surface area contributed by atoms with E-state index in [4.69, 9.17) is 9.72 Å². The molecule has 1 fully saturated rings. The molecule has 0 spiro atoms. The maximum atomic E-state index is 13.0. The number of nitrogens with zero attached hydrogens (tertiary/aromatic N) is 5. The van der Waals surface area contributed by atoms with E-state index in [9.17, 15) is 4.79 Å². The van der Waals surface area contributed by atoms with Crippen molar-refractivity contribution in [3.8, 4) is 11.6 Å². The molecule has 4 rings (SSSR count). The third-order valence-electron chi connectivity index (χ3n) is 5.80. The Labute approximate surface area is 183 Å². The lowest BCUT2D eigenvalue weighted by Gasteiger charge is -2.33. The summed E-state index contributed by atoms with van der Waals surface area (Å²) in [7, 11) is 1.64. The van der Waals surface area contributed by atoms with Gasteiger partial charge in [-0.15, -0.1) is 0 Å². The Morgan fingerprint density at radius 1 is 1.13 bits per heavy atom. The molecule has 1 atom stereocenters. The number of ether oxygens (including phenoxy) is 1. The summed E-state index contributed by atoms with van der Waals surface area (Å²) < 4.78 is 7.24. The van der Waals surface area contributed by atoms with Crippen LogP contribution in [0.2, 0.25) is 0 Å². The zero-order chi connectivity index (χ0) is 21.8. The average Bonchev–Trinajstić information content (AvgIpc) is 3.30. The number of benzene rings is 1. The van der Waals surface area contributed by atoms with Crippen molar-refractivity contribution in [3.63, 3.8) is 0 Å². The molecule has 1 aliphatic heterocycles. The Kier molecular flexibility index (Phi) is 6.30. The lowest BCUT2D eigenvalue weighted by atomic mass is 9.93. The standard InChI is InChI=1S/C24H29N5O2/c1-17(2)23-27-12-14-29(23)24-22(25-10-11-26-24)19-5-4-13-28(16-19)21(30)15-18-6-8-20(31-3)9-7-18/h6-12,14,17,19H,4-5,13,15-16H2,1-3H3. The largest absolute Gasteiger partial charge is 0.497 e. The molecule has 0 aliphatic carbocycles. The number of amides is 1. The van der Waals surface area contributed by atoms with E-state index in [1.165, 1.54) is 0 Å². The third-order valence-corrected chi connectivity index (χ3v) is 5.80. The average molecular weight is 420 g/mol. The highest BCUT2D eigenvalue weighted by Gasteiger charge is 2.28. The maximum absolute atomic E-state index is 13.0. The van der Waals surface area contributed by atoms with E-state index in [1.807, 2.05) is 39.9 Å². The Hall–Kier alpha value is -3.22. The monoisotopic (exact) mass is 419 g/mol. The van der Waals surface area contributed by atoms with Gasteiger partial charge in [0.1, 0.15) is 11.6 Å². The lowest BCUT2D eigenvalue weighted by molar-refractivity contribution is -0.131. The molecular formula is C24H29N5O2. The van der Waals surface area contributed by atoms with Crippen LogP contribution >= 0.6 is 0 Å². The summed E-state index contributed by atoms with van der Waals surface area (Å²) in [4.78, 5) is 28.8. The van der Waals surface area contributed by atoms with Crippen LogP contribution in [0.5, 0.6) is 5.75 Å². The summed E-state index contributed by atoms with van der Waals surface area (Å²) in [5.74, 6) is 3.15. The molecule has 1 saturated heterocycles. The quantitative estimate of drug-likeness (QED) is 0.609. The summed E-state index contributed by atoms with van der Waals surface area (Å²) in [5.41, 5.74) is 1.93. The zero-order valence-corrected chi connectivity index (χ0v) is 18.4. The number of imidazole rings is 1. The van der Waals surface area contributed by atoms with Crippen LogP contribution in [0.15, 0.2) is 49.1 Å². The second-order valence-electron chi connectivity index (χ2n) is 8.28. The van der Waals surface area contributed by atoms with Crippen molar-refractivity contribution < 1.29 is 9.53 Å². The van der Waals surface area contributed by atoms with Crippen LogP contribution in [0.4, 0.5) is 0 Å². The van der Waals surface area contributed by atoms with Gasteiger partial charge in [-0.05, 0) is 30.5 Å². The highest BCUT2D eigenvalue weighted by atomic mass is 16.5. The smallest absolute Gasteiger partial charge is 0.227 e. The highest BCUT2D eigenvalue weighted by Crippen LogP contribution is 2.30. The van der Waals surface area contributed by atoms with Gasteiger partial charge in [0.05, 0.1) is 19.2 Å². The highest BCUT2D eigenvalue weighted by molar-refractivity contribution is 5.79. The van der Waals surface area contributed by atoms with Gasteiger partial charge in [0.15, 0.2) is 5.82 Å². The molecule has 0 N–H and O–H groups in total. The fourth-order valence-corrected chi connectivity index (χ4v) is 4.19. The first kappa shape index (κ1) is 21.0. The SMILES string of the molecule is COc1ccc(CC(=O)N2CCCC(c3nccnc3-n3ccnc3C(C)C)C2)cc1. The van der Waals surface area contributed by atoms with Gasteiger partial charge in [0.2, 0.25) is 5.91 Å². The summed E-state index contributed by atoms with van der Waals surface area (Å²) >= 11 is 0. The number of carbonyl (C=O) groups is 1. The van der Waals surface area contributed by atoms with Crippen LogP contribution in [0, 0.1) is 0 Å². The first-order chi connectivity index (χ1) is 15.1. The Bertz CT molecular complexity index is 1030. The van der Waals surface area contributed by atoms with Gasteiger partial charge >= 0.3 is 0 Å². The molecule has 3 heterocycles. The van der Waals surface area contributed by atoms with E-state index in [2.05, 4.69) is 23.8 Å². The van der Waals surface area contributed by atoms with Crippen molar-refractivity contribution in [1.82, 2.24) is 24.4 Å². The van der Waals surface area contributed by atoms with E-state index in [1.54, 1.807) is 25.7 Å². The fraction of sp³-hybridized carbons (Fsp3) is 0.417. The van der Waals surface area contributed by atoms with Crippen LogP contribution in [-0.4, -0.2) is 50.5 Å². The molecule has 162 valence electrons. The molecular weight excluding hydrogens is 390 g/mol. The molecule has 1 aromatic carbocycles. The predicted octanol–water partition coefficient (Wildman–Crippen LogP) is 3.74. The molecule has 7 nitrogen and oxygen atoms in total. The normalized spacial score (nSPS) is 16.5. The third kappa shape index (κ3) is 4.60. The second-order valence-corrected chi connectivity index (χ2v) is 8.28. The van der Waals surface area contributed by atoms with Crippen molar-refractivity contribution in [2.24, 2.45) is 0 Å². The van der Waals surface area contributed by atoms with Crippen LogP contribution in [0.3, 0.4) is 0 Å². The van der Waals surface area contributed by atoms with E-state index < -0.39 is 0 Å². The van der Waals surface area contributed by atoms with Gasteiger partial charge in [-0.2, -0.15) is 0 Å². The molecule has 1 unspecified atom stereocenters. The van der Waals surface area contributed by atoms with Crippen LogP contribution in [-0.2, 0) is 11.2 Å². The number of carbonyl (C=O) groups excluding carboxylic acids is 1. The minimum atomic E-state index is 0.144. The summed E-state index contributed by atoms with van der Waals surface area (Å²) in [6.07, 6.45) is 9.54. The predicted molar refractivity (Wildman–Crippen MR) is 118 cm³/mol. The zero-order valence-electron chi connectivity index (χ0n) is 18.4. The number of hydrogen-bond donors (Lipinski definition) is 0. The van der Waals surface area contributed by atoms with E-state index in [0.29, 0.717) is 13.0 Å². The fourth-order valence-electron chi connectivity index (χ4n) is 4.19. The van der Waals surface area contributed by atoms with E-state index in [0.717, 1.165) is 48.0 Å². The number of rotatable bonds is 6. The Balaban J connectivity index is 1.52. The minimum Gasteiger partial charge on any atom is -0.497 e. The molecule has 3 aromatic rings. The van der Waals surface area contributed by atoms with E-state index >= 15 is 0 Å². The molecule has 0 saturated carbocycles. The Morgan fingerprint density at radius 3 is 2.65 bits per heavy atom. The molecule has 1 amide bonds. The molecule has 1 aliphatic rings. The van der Waals surface area contributed by atoms with Gasteiger partial charge < -0.3 is 9.64 Å². The van der Waals surface area contributed by atoms with Crippen molar-refractivity contribution >= 4 is 5.91 Å². The first-order valence-electron chi connectivity index (χ1n) is 10.8. The molecule has 7 heteroatoms. The van der Waals surface area contributed by atoms with Gasteiger partial charge in [-0.1, -0.05) is 26.0 Å². The number of methoxy groups -OCH3 is 1. The number of aromatic nitrogens is 4. The van der Waals surface area contributed by atoms with Gasteiger partial charge in [-0.25, -0.2) is 9.97 Å². The summed E-state index contributed by atoms with van der Waals surface area (Å²) in [6, 6.07) is 7.69. The Morgan fingerprint density at radius 2 is 1.90 bits per heavy atom. The van der Waals surface area contributed by atoms with Crippen LogP contribution in [0.25, 0.3) is 5.82 Å². The number of likely N-dealkylation sites (tertiary alicyclic amines) is 1. The van der Waals surface area contributed by atoms with Crippen molar-refractivity contribution in [1.29, 1.82) is 0 Å². The van der Waals surface area contributed by atoms with Crippen molar-refractivity contribution in [2.75, 3.05) is 20.2 Å². The van der Waals surface area contributed by atoms with Crippen molar-refractivity contribution in [2.45, 2.75) is 44.9 Å². The lowest BCUT2D eigenvalue weighted by Crippen LogP contribution is -2.40. The molecule has 0 bridgehead atoms. The van der Waals surface area contributed by atoms with E-state index in [-0.39, 0.29) is 17.7 Å². The van der Waals surface area contributed by atoms with Crippen LogP contribution < -0.4 is 4.74 Å². The number of hydrogen-bond acceptors (Lipinski definition) is 5. The van der Waals surface area contributed by atoms with Gasteiger partial charge in [-0.3, -0.25) is 14.3 Å². The number of piperidine rings is 1. The van der Waals surface area contributed by atoms with Gasteiger partial charge in [0.25, 0.3) is 0 Å². The minimum absolute atomic E-state index is 0.144. The summed E-state index contributed by atoms with van der Waals surface area (Å²) in [6.45, 7) is 5.68. The molecule has 0 radical (unpaired) electrons. The summed E-state index contributed by atoms with van der Waals surface area (Å²) in [5, 5.41) is 0. The van der Waals surface area contributed by atoms with Gasteiger partial charge in [0, 0.05) is 49.7 Å². The second kappa shape index (κ2) is 9.29. The molecule has 31 heavy (non-hydrogen) atoms. The maximum Gasteiger partial charge on any atom is 0.227 e. The first-order valence-corrected chi connectivity index (χ1v) is 10.8. The van der Waals surface area contributed by atoms with Crippen LogP contribution in [0.1, 0.15) is 55.6 Å². The van der Waals surface area contributed by atoms with Crippen molar-refractivity contribution in [3.05, 3.63) is 66.1 Å². The topological polar surface area (TPSA) is 73.1 Å². The molecule has 2 aromatic heterocycles.